The van der Waals surface area contributed by atoms with E-state index in [0.717, 1.165) is 35.4 Å². The number of benzene rings is 2. The minimum Gasteiger partial charge on any atom is -0.334 e. The molecule has 0 saturated heterocycles. The predicted octanol–water partition coefficient (Wildman–Crippen LogP) is 4.00. The Morgan fingerprint density at radius 3 is 2.57 bits per heavy atom. The van der Waals surface area contributed by atoms with Crippen molar-refractivity contribution in [1.82, 2.24) is 20.0 Å². The minimum absolute atomic E-state index is 0.0862. The highest BCUT2D eigenvalue weighted by Gasteiger charge is 2.10. The average molecular weight is 380 g/mol. The Morgan fingerprint density at radius 1 is 1.14 bits per heavy atom. The minimum atomic E-state index is -0.250. The first-order valence-corrected chi connectivity index (χ1v) is 9.34. The van der Waals surface area contributed by atoms with E-state index >= 15 is 0 Å². The van der Waals surface area contributed by atoms with Crippen molar-refractivity contribution in [3.63, 3.8) is 0 Å². The summed E-state index contributed by atoms with van der Waals surface area (Å²) >= 11 is 0. The van der Waals surface area contributed by atoms with Crippen molar-refractivity contribution >= 4 is 6.03 Å². The van der Waals surface area contributed by atoms with E-state index in [9.17, 15) is 9.18 Å². The van der Waals surface area contributed by atoms with Crippen LogP contribution in [0.5, 0.6) is 0 Å². The van der Waals surface area contributed by atoms with Crippen LogP contribution in [0, 0.1) is 5.82 Å². The van der Waals surface area contributed by atoms with E-state index < -0.39 is 0 Å². The molecule has 2 amide bonds. The summed E-state index contributed by atoms with van der Waals surface area (Å²) in [7, 11) is 3.67. The molecule has 1 N–H and O–H groups in total. The van der Waals surface area contributed by atoms with E-state index in [1.54, 1.807) is 28.8 Å². The summed E-state index contributed by atoms with van der Waals surface area (Å²) in [6, 6.07) is 18.2. The van der Waals surface area contributed by atoms with E-state index in [-0.39, 0.29) is 11.8 Å². The van der Waals surface area contributed by atoms with Gasteiger partial charge in [-0.2, -0.15) is 5.10 Å². The lowest BCUT2D eigenvalue weighted by atomic mass is 10.1. The molecular weight excluding hydrogens is 355 g/mol. The number of amides is 2. The molecule has 0 fully saturated rings. The van der Waals surface area contributed by atoms with Crippen LogP contribution >= 0.6 is 0 Å². The summed E-state index contributed by atoms with van der Waals surface area (Å²) in [6.07, 6.45) is 1.58. The van der Waals surface area contributed by atoms with Crippen LogP contribution in [0.25, 0.3) is 11.3 Å². The summed E-state index contributed by atoms with van der Waals surface area (Å²) in [4.78, 5) is 13.9. The smallest absolute Gasteiger partial charge is 0.317 e. The van der Waals surface area contributed by atoms with Crippen LogP contribution in [0.1, 0.15) is 17.7 Å². The maximum atomic E-state index is 13.1. The van der Waals surface area contributed by atoms with Crippen molar-refractivity contribution in [2.45, 2.75) is 19.4 Å². The fourth-order valence-corrected chi connectivity index (χ4v) is 3.05. The molecule has 0 atom stereocenters. The van der Waals surface area contributed by atoms with Gasteiger partial charge < -0.3 is 10.2 Å². The first-order valence-electron chi connectivity index (χ1n) is 9.34. The maximum absolute atomic E-state index is 13.1. The Morgan fingerprint density at radius 2 is 1.86 bits per heavy atom. The van der Waals surface area contributed by atoms with E-state index in [1.807, 2.05) is 43.4 Å². The first kappa shape index (κ1) is 19.6. The molecule has 5 nitrogen and oxygen atoms in total. The largest absolute Gasteiger partial charge is 0.334 e. The Kier molecular flexibility index (Phi) is 6.42. The molecule has 0 aliphatic carbocycles. The lowest BCUT2D eigenvalue weighted by Gasteiger charge is -2.17. The van der Waals surface area contributed by atoms with Crippen molar-refractivity contribution < 1.29 is 9.18 Å². The molecule has 0 aliphatic rings. The number of nitrogens with zero attached hydrogens (tertiary/aromatic N) is 3. The van der Waals surface area contributed by atoms with Crippen molar-refractivity contribution in [1.29, 1.82) is 0 Å². The molecule has 6 heteroatoms. The topological polar surface area (TPSA) is 50.2 Å². The van der Waals surface area contributed by atoms with Crippen molar-refractivity contribution in [2.24, 2.45) is 7.05 Å². The highest BCUT2D eigenvalue weighted by molar-refractivity contribution is 5.73. The van der Waals surface area contributed by atoms with Crippen LogP contribution in [0.2, 0.25) is 0 Å². The SMILES string of the molecule is CN(CCCc1cc(-c2ccc(F)cc2)n(C)n1)C(=O)NCc1ccccc1. The molecule has 0 spiro atoms. The van der Waals surface area contributed by atoms with Gasteiger partial charge in [0, 0.05) is 27.2 Å². The normalized spacial score (nSPS) is 10.7. The van der Waals surface area contributed by atoms with Gasteiger partial charge in [0.1, 0.15) is 5.82 Å². The summed E-state index contributed by atoms with van der Waals surface area (Å²) in [6.45, 7) is 1.16. The molecule has 0 bridgehead atoms. The molecule has 3 aromatic rings. The van der Waals surface area contributed by atoms with Gasteiger partial charge in [-0.05, 0) is 54.3 Å². The molecular formula is C22H25FN4O. The predicted molar refractivity (Wildman–Crippen MR) is 108 cm³/mol. The van der Waals surface area contributed by atoms with Crippen molar-refractivity contribution in [3.05, 3.63) is 77.7 Å². The second-order valence-corrected chi connectivity index (χ2v) is 6.82. The highest BCUT2D eigenvalue weighted by atomic mass is 19.1. The fraction of sp³-hybridized carbons (Fsp3) is 0.273. The van der Waals surface area contributed by atoms with Crippen LogP contribution in [0.15, 0.2) is 60.7 Å². The summed E-state index contributed by atoms with van der Waals surface area (Å²) in [5, 5.41) is 7.45. The van der Waals surface area contributed by atoms with Gasteiger partial charge in [-0.1, -0.05) is 30.3 Å². The number of carbonyl (C=O) groups excluding carboxylic acids is 1. The summed E-state index contributed by atoms with van der Waals surface area (Å²) in [5.41, 5.74) is 3.91. The number of halogens is 1. The number of carbonyl (C=O) groups is 1. The molecule has 2 aromatic carbocycles. The second-order valence-electron chi connectivity index (χ2n) is 6.82. The molecule has 1 heterocycles. The third-order valence-corrected chi connectivity index (χ3v) is 4.63. The van der Waals surface area contributed by atoms with Gasteiger partial charge in [0.2, 0.25) is 0 Å². The summed E-state index contributed by atoms with van der Waals surface area (Å²) < 4.78 is 14.9. The Bertz CT molecular complexity index is 906. The number of hydrogen-bond donors (Lipinski definition) is 1. The first-order chi connectivity index (χ1) is 13.5. The molecule has 0 aliphatic heterocycles. The lowest BCUT2D eigenvalue weighted by molar-refractivity contribution is 0.208. The van der Waals surface area contributed by atoms with Gasteiger partial charge in [0.05, 0.1) is 11.4 Å². The zero-order valence-corrected chi connectivity index (χ0v) is 16.2. The number of urea groups is 1. The van der Waals surface area contributed by atoms with Crippen LogP contribution in [-0.4, -0.2) is 34.3 Å². The molecule has 0 saturated carbocycles. The van der Waals surface area contributed by atoms with Crippen LogP contribution in [0.3, 0.4) is 0 Å². The number of aromatic nitrogens is 2. The van der Waals surface area contributed by atoms with Crippen LogP contribution in [-0.2, 0) is 20.0 Å². The third-order valence-electron chi connectivity index (χ3n) is 4.63. The number of aryl methyl sites for hydroxylation is 2. The molecule has 1 aromatic heterocycles. The average Bonchev–Trinajstić information content (AvgIpc) is 3.08. The van der Waals surface area contributed by atoms with E-state index in [2.05, 4.69) is 10.4 Å². The molecule has 0 unspecified atom stereocenters. The standard InChI is InChI=1S/C22H25FN4O/c1-26(22(28)24-16-17-7-4-3-5-8-17)14-6-9-20-15-21(27(2)25-20)18-10-12-19(23)13-11-18/h3-5,7-8,10-13,15H,6,9,14,16H2,1-2H3,(H,24,28). The Hall–Kier alpha value is -3.15. The van der Waals surface area contributed by atoms with Gasteiger partial charge in [0.15, 0.2) is 0 Å². The van der Waals surface area contributed by atoms with Crippen LogP contribution in [0.4, 0.5) is 9.18 Å². The zero-order valence-electron chi connectivity index (χ0n) is 16.2. The Balaban J connectivity index is 1.47. The maximum Gasteiger partial charge on any atom is 0.317 e. The van der Waals surface area contributed by atoms with Gasteiger partial charge >= 0.3 is 6.03 Å². The highest BCUT2D eigenvalue weighted by Crippen LogP contribution is 2.20. The fourth-order valence-electron chi connectivity index (χ4n) is 3.05. The number of nitrogens with one attached hydrogen (secondary N) is 1. The van der Waals surface area contributed by atoms with Crippen LogP contribution < -0.4 is 5.32 Å². The number of hydrogen-bond acceptors (Lipinski definition) is 2. The quantitative estimate of drug-likeness (QED) is 0.674. The second kappa shape index (κ2) is 9.17. The van der Waals surface area contributed by atoms with Gasteiger partial charge in [0.25, 0.3) is 0 Å². The zero-order chi connectivity index (χ0) is 19.9. The van der Waals surface area contributed by atoms with Gasteiger partial charge in [-0.25, -0.2) is 9.18 Å². The monoisotopic (exact) mass is 380 g/mol. The lowest BCUT2D eigenvalue weighted by Crippen LogP contribution is -2.37. The van der Waals surface area contributed by atoms with Gasteiger partial charge in [-0.15, -0.1) is 0 Å². The van der Waals surface area contributed by atoms with E-state index in [0.29, 0.717) is 13.1 Å². The Labute approximate surface area is 164 Å². The molecule has 28 heavy (non-hydrogen) atoms. The molecule has 3 rings (SSSR count). The van der Waals surface area contributed by atoms with Crippen molar-refractivity contribution in [3.8, 4) is 11.3 Å². The van der Waals surface area contributed by atoms with Crippen molar-refractivity contribution in [2.75, 3.05) is 13.6 Å². The third kappa shape index (κ3) is 5.19. The molecule has 0 radical (unpaired) electrons. The summed E-state index contributed by atoms with van der Waals surface area (Å²) in [5.74, 6) is -0.250. The molecule has 146 valence electrons. The van der Waals surface area contributed by atoms with Gasteiger partial charge in [-0.3, -0.25) is 4.68 Å². The van der Waals surface area contributed by atoms with E-state index in [4.69, 9.17) is 0 Å². The number of rotatable bonds is 7. The van der Waals surface area contributed by atoms with E-state index in [1.165, 1.54) is 12.1 Å².